The summed E-state index contributed by atoms with van der Waals surface area (Å²) in [5.41, 5.74) is 1.54. The van der Waals surface area contributed by atoms with Gasteiger partial charge < -0.3 is 9.64 Å². The molecular weight excluding hydrogens is 446 g/mol. The minimum absolute atomic E-state index is 0.000220. The lowest BCUT2D eigenvalue weighted by molar-refractivity contribution is 0.0629. The van der Waals surface area contributed by atoms with Gasteiger partial charge in [0.2, 0.25) is 0 Å². The van der Waals surface area contributed by atoms with Crippen molar-refractivity contribution in [1.82, 2.24) is 14.7 Å². The van der Waals surface area contributed by atoms with Crippen molar-refractivity contribution in [3.8, 4) is 5.69 Å². The molecule has 1 unspecified atom stereocenters. The standard InChI is InChI=1S/C20H22ClN3O4S2/c1-13-15-11-18(29-20(15)24(22-13)17-6-4-3-5-16(17)21)19(25)23(8-9-28-2)14-7-10-30(26,27)12-14/h3-6,11,14H,7-10,12H2,1-2H3. The summed E-state index contributed by atoms with van der Waals surface area (Å²) in [5.74, 6) is -0.0678. The number of hydrogen-bond acceptors (Lipinski definition) is 6. The lowest BCUT2D eigenvalue weighted by Crippen LogP contribution is -2.42. The van der Waals surface area contributed by atoms with Crippen LogP contribution in [0.4, 0.5) is 0 Å². The highest BCUT2D eigenvalue weighted by atomic mass is 35.5. The number of methoxy groups -OCH3 is 1. The van der Waals surface area contributed by atoms with Gasteiger partial charge in [-0.3, -0.25) is 4.79 Å². The number of thiophene rings is 1. The minimum Gasteiger partial charge on any atom is -0.383 e. The summed E-state index contributed by atoms with van der Waals surface area (Å²) < 4.78 is 30.8. The van der Waals surface area contributed by atoms with E-state index in [0.29, 0.717) is 29.5 Å². The van der Waals surface area contributed by atoms with Crippen LogP contribution in [0.1, 0.15) is 21.8 Å². The van der Waals surface area contributed by atoms with Crippen LogP contribution in [0.5, 0.6) is 0 Å². The largest absolute Gasteiger partial charge is 0.383 e. The molecule has 1 aromatic carbocycles. The van der Waals surface area contributed by atoms with Crippen molar-refractivity contribution in [3.63, 3.8) is 0 Å². The molecule has 3 heterocycles. The molecule has 0 saturated carbocycles. The summed E-state index contributed by atoms with van der Waals surface area (Å²) >= 11 is 7.69. The topological polar surface area (TPSA) is 81.5 Å². The first-order valence-electron chi connectivity index (χ1n) is 9.55. The molecule has 1 atom stereocenters. The average molecular weight is 468 g/mol. The molecule has 1 aliphatic rings. The number of ether oxygens (including phenoxy) is 1. The zero-order valence-electron chi connectivity index (χ0n) is 16.7. The van der Waals surface area contributed by atoms with Gasteiger partial charge >= 0.3 is 0 Å². The molecule has 0 aliphatic carbocycles. The van der Waals surface area contributed by atoms with Crippen molar-refractivity contribution in [1.29, 1.82) is 0 Å². The van der Waals surface area contributed by atoms with Crippen LogP contribution >= 0.6 is 22.9 Å². The van der Waals surface area contributed by atoms with E-state index in [1.807, 2.05) is 31.2 Å². The van der Waals surface area contributed by atoms with Gasteiger partial charge in [-0.25, -0.2) is 13.1 Å². The molecule has 1 amide bonds. The van der Waals surface area contributed by atoms with E-state index in [-0.39, 0.29) is 23.5 Å². The molecule has 7 nitrogen and oxygen atoms in total. The first-order chi connectivity index (χ1) is 14.3. The number of benzene rings is 1. The lowest BCUT2D eigenvalue weighted by atomic mass is 10.2. The number of sulfone groups is 1. The maximum atomic E-state index is 13.4. The van der Waals surface area contributed by atoms with Crippen molar-refractivity contribution in [2.45, 2.75) is 19.4 Å². The Morgan fingerprint density at radius 3 is 2.83 bits per heavy atom. The molecule has 1 saturated heterocycles. The molecule has 160 valence electrons. The summed E-state index contributed by atoms with van der Waals surface area (Å²) in [6.45, 7) is 2.59. The molecule has 30 heavy (non-hydrogen) atoms. The first-order valence-corrected chi connectivity index (χ1v) is 12.6. The predicted molar refractivity (Wildman–Crippen MR) is 119 cm³/mol. The number of halogens is 1. The SMILES string of the molecule is COCCN(C(=O)c1cc2c(C)nn(-c3ccccc3Cl)c2s1)C1CCS(=O)(=O)C1. The molecule has 0 N–H and O–H groups in total. The second kappa shape index (κ2) is 8.30. The molecule has 0 radical (unpaired) electrons. The van der Waals surface area contributed by atoms with Crippen LogP contribution in [-0.2, 0) is 14.6 Å². The van der Waals surface area contributed by atoms with Gasteiger partial charge in [0.15, 0.2) is 9.84 Å². The van der Waals surface area contributed by atoms with Gasteiger partial charge in [0.25, 0.3) is 5.91 Å². The van der Waals surface area contributed by atoms with Crippen molar-refractivity contribution < 1.29 is 17.9 Å². The molecular formula is C20H22ClN3O4S2. The fourth-order valence-electron chi connectivity index (χ4n) is 3.74. The van der Waals surface area contributed by atoms with Crippen LogP contribution in [0.2, 0.25) is 5.02 Å². The molecule has 2 aromatic heterocycles. The van der Waals surface area contributed by atoms with Crippen molar-refractivity contribution in [2.24, 2.45) is 0 Å². The molecule has 4 rings (SSSR count). The van der Waals surface area contributed by atoms with E-state index in [9.17, 15) is 13.2 Å². The van der Waals surface area contributed by atoms with Crippen LogP contribution in [0, 0.1) is 6.92 Å². The molecule has 3 aromatic rings. The van der Waals surface area contributed by atoms with Gasteiger partial charge in [-0.05, 0) is 31.5 Å². The normalized spacial score (nSPS) is 18.2. The Bertz CT molecular complexity index is 1200. The van der Waals surface area contributed by atoms with Crippen molar-refractivity contribution in [2.75, 3.05) is 31.8 Å². The zero-order valence-corrected chi connectivity index (χ0v) is 19.1. The van der Waals surface area contributed by atoms with Gasteiger partial charge in [0, 0.05) is 25.1 Å². The highest BCUT2D eigenvalue weighted by Crippen LogP contribution is 2.33. The van der Waals surface area contributed by atoms with E-state index in [4.69, 9.17) is 16.3 Å². The Labute approximate surface area is 184 Å². The summed E-state index contributed by atoms with van der Waals surface area (Å²) in [6, 6.07) is 8.92. The summed E-state index contributed by atoms with van der Waals surface area (Å²) in [4.78, 5) is 16.4. The number of carbonyl (C=O) groups excluding carboxylic acids is 1. The average Bonchev–Trinajstić information content (AvgIpc) is 3.37. The first kappa shape index (κ1) is 21.3. The van der Waals surface area contributed by atoms with Gasteiger partial charge in [-0.2, -0.15) is 5.10 Å². The van der Waals surface area contributed by atoms with Crippen LogP contribution in [-0.4, -0.2) is 66.8 Å². The van der Waals surface area contributed by atoms with Crippen LogP contribution in [0.3, 0.4) is 0 Å². The van der Waals surface area contributed by atoms with E-state index in [2.05, 4.69) is 5.10 Å². The third-order valence-corrected chi connectivity index (χ3v) is 8.45. The number of fused-ring (bicyclic) bond motifs is 1. The Morgan fingerprint density at radius 1 is 1.40 bits per heavy atom. The molecule has 1 fully saturated rings. The Kier molecular flexibility index (Phi) is 5.89. The number of aryl methyl sites for hydroxylation is 1. The number of carbonyl (C=O) groups is 1. The lowest BCUT2D eigenvalue weighted by Gasteiger charge is -2.27. The smallest absolute Gasteiger partial charge is 0.264 e. The monoisotopic (exact) mass is 467 g/mol. The van der Waals surface area contributed by atoms with Crippen LogP contribution in [0.15, 0.2) is 30.3 Å². The van der Waals surface area contributed by atoms with Crippen LogP contribution < -0.4 is 0 Å². The van der Waals surface area contributed by atoms with Gasteiger partial charge in [-0.1, -0.05) is 23.7 Å². The summed E-state index contributed by atoms with van der Waals surface area (Å²) in [5, 5.41) is 6.04. The Balaban J connectivity index is 1.72. The quantitative estimate of drug-likeness (QED) is 0.555. The van der Waals surface area contributed by atoms with E-state index in [0.717, 1.165) is 21.6 Å². The maximum Gasteiger partial charge on any atom is 0.264 e. The number of amides is 1. The minimum atomic E-state index is -3.11. The Hall–Kier alpha value is -1.94. The van der Waals surface area contributed by atoms with Gasteiger partial charge in [0.1, 0.15) is 4.83 Å². The summed E-state index contributed by atoms with van der Waals surface area (Å²) in [6.07, 6.45) is 0.453. The third-order valence-electron chi connectivity index (χ3n) is 5.28. The fraction of sp³-hybridized carbons (Fsp3) is 0.400. The molecule has 0 spiro atoms. The number of rotatable bonds is 6. The Morgan fingerprint density at radius 2 is 2.17 bits per heavy atom. The van der Waals surface area contributed by atoms with Gasteiger partial charge in [-0.15, -0.1) is 11.3 Å². The zero-order chi connectivity index (χ0) is 21.5. The molecule has 0 bridgehead atoms. The van der Waals surface area contributed by atoms with Crippen molar-refractivity contribution in [3.05, 3.63) is 45.9 Å². The van der Waals surface area contributed by atoms with E-state index >= 15 is 0 Å². The third kappa shape index (κ3) is 3.99. The number of hydrogen-bond donors (Lipinski definition) is 0. The van der Waals surface area contributed by atoms with Crippen molar-refractivity contribution >= 4 is 48.9 Å². The predicted octanol–water partition coefficient (Wildman–Crippen LogP) is 3.32. The highest BCUT2D eigenvalue weighted by molar-refractivity contribution is 7.91. The van der Waals surface area contributed by atoms with Crippen LogP contribution in [0.25, 0.3) is 15.9 Å². The highest BCUT2D eigenvalue weighted by Gasteiger charge is 2.35. The van der Waals surface area contributed by atoms with E-state index in [1.165, 1.54) is 11.3 Å². The second-order valence-corrected chi connectivity index (χ2v) is 11.0. The number of para-hydroxylation sites is 1. The van der Waals surface area contributed by atoms with E-state index < -0.39 is 9.84 Å². The molecule has 10 heteroatoms. The number of aromatic nitrogens is 2. The summed E-state index contributed by atoms with van der Waals surface area (Å²) in [7, 11) is -1.54. The van der Waals surface area contributed by atoms with E-state index in [1.54, 1.807) is 22.8 Å². The maximum absolute atomic E-state index is 13.4. The fourth-order valence-corrected chi connectivity index (χ4v) is 6.82. The molecule has 1 aliphatic heterocycles. The second-order valence-electron chi connectivity index (χ2n) is 7.33. The number of nitrogens with zero attached hydrogens (tertiary/aromatic N) is 3. The van der Waals surface area contributed by atoms with Gasteiger partial charge in [0.05, 0.1) is 39.4 Å².